The van der Waals surface area contributed by atoms with Crippen molar-refractivity contribution in [3.05, 3.63) is 23.5 Å². The number of rotatable bonds is 1. The number of aromatic nitrogens is 1. The average Bonchev–Trinajstić information content (AvgIpc) is 2.52. The number of carbonyl (C=O) groups is 1. The van der Waals surface area contributed by atoms with Crippen LogP contribution in [0, 0.1) is 6.92 Å². The number of nitrogens with two attached hydrogens (primary N) is 1. The van der Waals surface area contributed by atoms with Crippen molar-refractivity contribution in [3.8, 4) is 0 Å². The second-order valence-electron chi connectivity index (χ2n) is 4.70. The van der Waals surface area contributed by atoms with Crippen LogP contribution in [0.2, 0.25) is 0 Å². The summed E-state index contributed by atoms with van der Waals surface area (Å²) in [6, 6.07) is 1.59. The van der Waals surface area contributed by atoms with Gasteiger partial charge in [-0.1, -0.05) is 0 Å². The highest BCUT2D eigenvalue weighted by atomic mass is 32.2. The fourth-order valence-electron chi connectivity index (χ4n) is 2.08. The molecule has 2 rings (SSSR count). The number of hydrogen-bond acceptors (Lipinski definition) is 5. The molecular weight excluding hydrogens is 266 g/mol. The molecule has 6 nitrogen and oxygen atoms in total. The van der Waals surface area contributed by atoms with Crippen molar-refractivity contribution in [2.75, 3.05) is 30.3 Å². The van der Waals surface area contributed by atoms with Crippen molar-refractivity contribution in [1.29, 1.82) is 0 Å². The van der Waals surface area contributed by atoms with Gasteiger partial charge in [0.2, 0.25) is 0 Å². The van der Waals surface area contributed by atoms with E-state index in [-0.39, 0.29) is 24.0 Å². The second kappa shape index (κ2) is 5.16. The Bertz CT molecular complexity index is 598. The van der Waals surface area contributed by atoms with Gasteiger partial charge in [-0.15, -0.1) is 0 Å². The van der Waals surface area contributed by atoms with Crippen molar-refractivity contribution < 1.29 is 13.2 Å². The van der Waals surface area contributed by atoms with Crippen molar-refractivity contribution in [2.45, 2.75) is 13.3 Å². The molecule has 1 amide bonds. The van der Waals surface area contributed by atoms with Crippen molar-refractivity contribution >= 4 is 21.4 Å². The number of hydrogen-bond donors (Lipinski definition) is 1. The van der Waals surface area contributed by atoms with E-state index in [1.807, 2.05) is 0 Å². The zero-order valence-corrected chi connectivity index (χ0v) is 11.6. The van der Waals surface area contributed by atoms with Gasteiger partial charge in [-0.3, -0.25) is 9.78 Å². The minimum absolute atomic E-state index is 0.0214. The topological polar surface area (TPSA) is 93.4 Å². The number of nitrogens with zero attached hydrogens (tertiary/aromatic N) is 2. The van der Waals surface area contributed by atoms with Crippen LogP contribution in [0.3, 0.4) is 0 Å². The van der Waals surface area contributed by atoms with Gasteiger partial charge < -0.3 is 10.6 Å². The van der Waals surface area contributed by atoms with E-state index in [2.05, 4.69) is 4.98 Å². The fourth-order valence-corrected chi connectivity index (χ4v) is 3.35. The number of aryl methyl sites for hydroxylation is 1. The van der Waals surface area contributed by atoms with E-state index < -0.39 is 9.84 Å². The summed E-state index contributed by atoms with van der Waals surface area (Å²) in [6.07, 6.45) is 1.97. The molecule has 0 atom stereocenters. The van der Waals surface area contributed by atoms with Gasteiger partial charge in [0.15, 0.2) is 9.84 Å². The highest BCUT2D eigenvalue weighted by Crippen LogP contribution is 2.14. The van der Waals surface area contributed by atoms with Crippen molar-refractivity contribution in [1.82, 2.24) is 9.88 Å². The van der Waals surface area contributed by atoms with Crippen LogP contribution in [0.5, 0.6) is 0 Å². The minimum atomic E-state index is -3.02. The highest BCUT2D eigenvalue weighted by Gasteiger charge is 2.24. The molecule has 1 saturated heterocycles. The Kier molecular flexibility index (Phi) is 3.75. The first-order valence-electron chi connectivity index (χ1n) is 6.11. The SMILES string of the molecule is Cc1ncc(N)cc1C(=O)N1CCCS(=O)(=O)CC1. The van der Waals surface area contributed by atoms with Gasteiger partial charge >= 0.3 is 0 Å². The molecule has 19 heavy (non-hydrogen) atoms. The Labute approximate surface area is 112 Å². The van der Waals surface area contributed by atoms with Gasteiger partial charge in [-0.05, 0) is 19.4 Å². The number of amides is 1. The smallest absolute Gasteiger partial charge is 0.255 e. The molecule has 2 heterocycles. The summed E-state index contributed by atoms with van der Waals surface area (Å²) in [5.74, 6) is -0.0345. The maximum absolute atomic E-state index is 12.4. The zero-order valence-electron chi connectivity index (χ0n) is 10.8. The molecular formula is C12H17N3O3S. The molecule has 1 aromatic rings. The van der Waals surface area contributed by atoms with E-state index >= 15 is 0 Å². The van der Waals surface area contributed by atoms with Crippen LogP contribution >= 0.6 is 0 Å². The minimum Gasteiger partial charge on any atom is -0.397 e. The largest absolute Gasteiger partial charge is 0.397 e. The maximum atomic E-state index is 12.4. The summed E-state index contributed by atoms with van der Waals surface area (Å²) >= 11 is 0. The van der Waals surface area contributed by atoms with E-state index in [1.165, 1.54) is 6.20 Å². The number of pyridine rings is 1. The molecule has 1 aliphatic heterocycles. The summed E-state index contributed by atoms with van der Waals surface area (Å²) in [4.78, 5) is 18.0. The van der Waals surface area contributed by atoms with Gasteiger partial charge in [0.05, 0.1) is 34.6 Å². The standard InChI is InChI=1S/C12H17N3O3S/c1-9-11(7-10(13)8-14-9)12(16)15-3-2-5-19(17,18)6-4-15/h7-8H,2-6,13H2,1H3. The first kappa shape index (κ1) is 13.8. The molecule has 0 spiro atoms. The molecule has 104 valence electrons. The van der Waals surface area contributed by atoms with Gasteiger partial charge in [-0.25, -0.2) is 8.42 Å². The molecule has 1 aromatic heterocycles. The molecule has 0 aliphatic carbocycles. The quantitative estimate of drug-likeness (QED) is 0.796. The van der Waals surface area contributed by atoms with Crippen LogP contribution in [0.4, 0.5) is 5.69 Å². The van der Waals surface area contributed by atoms with E-state index in [4.69, 9.17) is 5.73 Å². The van der Waals surface area contributed by atoms with Crippen molar-refractivity contribution in [3.63, 3.8) is 0 Å². The molecule has 0 unspecified atom stereocenters. The number of carbonyl (C=O) groups excluding carboxylic acids is 1. The van der Waals surface area contributed by atoms with Crippen LogP contribution in [-0.4, -0.2) is 48.8 Å². The zero-order chi connectivity index (χ0) is 14.0. The normalized spacial score (nSPS) is 18.9. The first-order valence-corrected chi connectivity index (χ1v) is 7.93. The summed E-state index contributed by atoms with van der Waals surface area (Å²) < 4.78 is 23.1. The van der Waals surface area contributed by atoms with Crippen LogP contribution < -0.4 is 5.73 Å². The third-order valence-electron chi connectivity index (χ3n) is 3.18. The lowest BCUT2D eigenvalue weighted by Gasteiger charge is -2.20. The van der Waals surface area contributed by atoms with E-state index in [1.54, 1.807) is 17.9 Å². The Morgan fingerprint density at radius 2 is 2.11 bits per heavy atom. The Balaban J connectivity index is 2.22. The highest BCUT2D eigenvalue weighted by molar-refractivity contribution is 7.91. The molecule has 0 saturated carbocycles. The monoisotopic (exact) mass is 283 g/mol. The van der Waals surface area contributed by atoms with Gasteiger partial charge in [0.25, 0.3) is 5.91 Å². The molecule has 1 fully saturated rings. The summed E-state index contributed by atoms with van der Waals surface area (Å²) in [5, 5.41) is 0. The Morgan fingerprint density at radius 3 is 2.84 bits per heavy atom. The lowest BCUT2D eigenvalue weighted by atomic mass is 10.1. The summed E-state index contributed by atoms with van der Waals surface area (Å²) in [6.45, 7) is 2.42. The predicted octanol–water partition coefficient (Wildman–Crippen LogP) is 0.233. The summed E-state index contributed by atoms with van der Waals surface area (Å²) in [5.41, 5.74) is 7.11. The Morgan fingerprint density at radius 1 is 1.37 bits per heavy atom. The van der Waals surface area contributed by atoms with Crippen LogP contribution in [0.25, 0.3) is 0 Å². The molecule has 0 aromatic carbocycles. The lowest BCUT2D eigenvalue weighted by Crippen LogP contribution is -2.34. The molecule has 1 aliphatic rings. The van der Waals surface area contributed by atoms with Crippen LogP contribution in [0.15, 0.2) is 12.3 Å². The third kappa shape index (κ3) is 3.23. The van der Waals surface area contributed by atoms with Gasteiger partial charge in [-0.2, -0.15) is 0 Å². The first-order chi connectivity index (χ1) is 8.89. The lowest BCUT2D eigenvalue weighted by molar-refractivity contribution is 0.0767. The van der Waals surface area contributed by atoms with Gasteiger partial charge in [0.1, 0.15) is 0 Å². The third-order valence-corrected chi connectivity index (χ3v) is 4.90. The predicted molar refractivity (Wildman–Crippen MR) is 72.6 cm³/mol. The molecule has 7 heteroatoms. The van der Waals surface area contributed by atoms with Crippen LogP contribution in [0.1, 0.15) is 22.5 Å². The number of anilines is 1. The molecule has 0 bridgehead atoms. The second-order valence-corrected chi connectivity index (χ2v) is 7.00. The average molecular weight is 283 g/mol. The van der Waals surface area contributed by atoms with Crippen LogP contribution in [-0.2, 0) is 9.84 Å². The maximum Gasteiger partial charge on any atom is 0.255 e. The summed E-state index contributed by atoms with van der Waals surface area (Å²) in [7, 11) is -3.02. The fraction of sp³-hybridized carbons (Fsp3) is 0.500. The van der Waals surface area contributed by atoms with Gasteiger partial charge in [0, 0.05) is 13.1 Å². The number of sulfone groups is 1. The molecule has 2 N–H and O–H groups in total. The van der Waals surface area contributed by atoms with E-state index in [9.17, 15) is 13.2 Å². The number of nitrogen functional groups attached to an aromatic ring is 1. The molecule has 0 radical (unpaired) electrons. The van der Waals surface area contributed by atoms with E-state index in [0.717, 1.165) is 0 Å². The van der Waals surface area contributed by atoms with Crippen molar-refractivity contribution in [2.24, 2.45) is 0 Å². The Hall–Kier alpha value is -1.63. The van der Waals surface area contributed by atoms with E-state index in [0.29, 0.717) is 29.9 Å².